The summed E-state index contributed by atoms with van der Waals surface area (Å²) in [6.45, 7) is 1.95. The molecule has 0 aliphatic carbocycles. The monoisotopic (exact) mass is 193 g/mol. The molecule has 0 amide bonds. The summed E-state index contributed by atoms with van der Waals surface area (Å²) in [6.07, 6.45) is 4.82. The molecule has 0 fully saturated rings. The Balaban J connectivity index is 2.19. The fourth-order valence-corrected chi connectivity index (χ4v) is 1.46. The molecule has 66 valence electrons. The maximum Gasteiger partial charge on any atom is 0.141 e. The molecule has 0 atom stereocenters. The third kappa shape index (κ3) is 1.78. The summed E-state index contributed by atoms with van der Waals surface area (Å²) in [5, 5.41) is 11.4. The minimum atomic E-state index is 0.988. The SMILES string of the molecule is Cc1ncsc1/C=N/n1cnnc1. The maximum absolute atomic E-state index is 4.11. The minimum Gasteiger partial charge on any atom is -0.249 e. The highest BCUT2D eigenvalue weighted by Crippen LogP contribution is 2.08. The van der Waals surface area contributed by atoms with Crippen LogP contribution in [0.25, 0.3) is 0 Å². The van der Waals surface area contributed by atoms with Gasteiger partial charge in [-0.25, -0.2) is 9.66 Å². The second-order valence-electron chi connectivity index (χ2n) is 2.39. The highest BCUT2D eigenvalue weighted by Gasteiger charge is 1.96. The van der Waals surface area contributed by atoms with Gasteiger partial charge in [-0.15, -0.1) is 21.5 Å². The zero-order valence-corrected chi connectivity index (χ0v) is 7.77. The molecule has 13 heavy (non-hydrogen) atoms. The molecule has 2 rings (SSSR count). The van der Waals surface area contributed by atoms with Gasteiger partial charge >= 0.3 is 0 Å². The fourth-order valence-electron chi connectivity index (χ4n) is 0.809. The van der Waals surface area contributed by atoms with Crippen LogP contribution in [0.4, 0.5) is 0 Å². The van der Waals surface area contributed by atoms with Crippen LogP contribution >= 0.6 is 11.3 Å². The van der Waals surface area contributed by atoms with Crippen molar-refractivity contribution in [3.8, 4) is 0 Å². The van der Waals surface area contributed by atoms with Crippen molar-refractivity contribution in [2.24, 2.45) is 5.10 Å². The van der Waals surface area contributed by atoms with Gasteiger partial charge in [-0.05, 0) is 6.92 Å². The maximum atomic E-state index is 4.11. The summed E-state index contributed by atoms with van der Waals surface area (Å²) >= 11 is 1.56. The van der Waals surface area contributed by atoms with E-state index in [1.165, 1.54) is 12.7 Å². The molecule has 0 N–H and O–H groups in total. The van der Waals surface area contributed by atoms with Crippen LogP contribution in [-0.2, 0) is 0 Å². The van der Waals surface area contributed by atoms with Crippen molar-refractivity contribution in [1.29, 1.82) is 0 Å². The Morgan fingerprint density at radius 3 is 2.85 bits per heavy atom. The Hall–Kier alpha value is -1.56. The van der Waals surface area contributed by atoms with E-state index in [2.05, 4.69) is 20.3 Å². The van der Waals surface area contributed by atoms with Gasteiger partial charge in [0.2, 0.25) is 0 Å². The van der Waals surface area contributed by atoms with E-state index in [0.717, 1.165) is 10.6 Å². The standard InChI is InChI=1S/C7H7N5S/c1-6-7(13-5-8-6)2-11-12-3-9-10-4-12/h2-5H,1H3/b11-2+. The van der Waals surface area contributed by atoms with Gasteiger partial charge in [0, 0.05) is 0 Å². The van der Waals surface area contributed by atoms with E-state index in [0.29, 0.717) is 0 Å². The first-order chi connectivity index (χ1) is 6.36. The lowest BCUT2D eigenvalue weighted by molar-refractivity contribution is 0.878. The summed E-state index contributed by atoms with van der Waals surface area (Å²) in [4.78, 5) is 5.15. The molecule has 0 aliphatic rings. The molecule has 0 radical (unpaired) electrons. The average molecular weight is 193 g/mol. The highest BCUT2D eigenvalue weighted by molar-refractivity contribution is 7.11. The largest absolute Gasteiger partial charge is 0.249 e. The van der Waals surface area contributed by atoms with Gasteiger partial charge in [-0.2, -0.15) is 5.10 Å². The Morgan fingerprint density at radius 1 is 1.46 bits per heavy atom. The smallest absolute Gasteiger partial charge is 0.141 e. The number of nitrogens with zero attached hydrogens (tertiary/aromatic N) is 5. The molecule has 6 heteroatoms. The van der Waals surface area contributed by atoms with Gasteiger partial charge in [-0.1, -0.05) is 0 Å². The van der Waals surface area contributed by atoms with Crippen LogP contribution in [0.1, 0.15) is 10.6 Å². The molecule has 0 unspecified atom stereocenters. The van der Waals surface area contributed by atoms with Crippen molar-refractivity contribution in [1.82, 2.24) is 19.9 Å². The van der Waals surface area contributed by atoms with Gasteiger partial charge in [-0.3, -0.25) is 0 Å². The molecule has 0 saturated carbocycles. The number of aryl methyl sites for hydroxylation is 1. The van der Waals surface area contributed by atoms with Crippen LogP contribution in [0, 0.1) is 6.92 Å². The zero-order valence-electron chi connectivity index (χ0n) is 6.95. The molecule has 0 aliphatic heterocycles. The van der Waals surface area contributed by atoms with Gasteiger partial charge < -0.3 is 0 Å². The van der Waals surface area contributed by atoms with Crippen LogP contribution in [-0.4, -0.2) is 26.1 Å². The van der Waals surface area contributed by atoms with Crippen molar-refractivity contribution in [2.75, 3.05) is 0 Å². The van der Waals surface area contributed by atoms with Gasteiger partial charge in [0.05, 0.1) is 22.3 Å². The average Bonchev–Trinajstić information content (AvgIpc) is 2.72. The Morgan fingerprint density at radius 2 is 2.23 bits per heavy atom. The molecule has 5 nitrogen and oxygen atoms in total. The quantitative estimate of drug-likeness (QED) is 0.666. The lowest BCUT2D eigenvalue weighted by Gasteiger charge is -1.88. The second-order valence-corrected chi connectivity index (χ2v) is 3.27. The first-order valence-corrected chi connectivity index (χ1v) is 4.53. The highest BCUT2D eigenvalue weighted by atomic mass is 32.1. The topological polar surface area (TPSA) is 56.0 Å². The summed E-state index contributed by atoms with van der Waals surface area (Å²) in [5.41, 5.74) is 2.78. The minimum absolute atomic E-state index is 0.988. The molecular weight excluding hydrogens is 186 g/mol. The van der Waals surface area contributed by atoms with Crippen molar-refractivity contribution in [2.45, 2.75) is 6.92 Å². The van der Waals surface area contributed by atoms with Crippen LogP contribution in [0.3, 0.4) is 0 Å². The summed E-state index contributed by atoms with van der Waals surface area (Å²) in [5.74, 6) is 0. The molecule has 2 heterocycles. The Kier molecular flexibility index (Phi) is 2.13. The van der Waals surface area contributed by atoms with E-state index in [1.807, 2.05) is 6.92 Å². The van der Waals surface area contributed by atoms with E-state index in [-0.39, 0.29) is 0 Å². The van der Waals surface area contributed by atoms with Crippen LogP contribution in [0.15, 0.2) is 23.3 Å². The van der Waals surface area contributed by atoms with Crippen LogP contribution in [0.5, 0.6) is 0 Å². The molecule has 0 saturated heterocycles. The molecule has 0 aromatic carbocycles. The first-order valence-electron chi connectivity index (χ1n) is 3.65. The number of rotatable bonds is 2. The van der Waals surface area contributed by atoms with Crippen molar-refractivity contribution in [3.63, 3.8) is 0 Å². The third-order valence-corrected chi connectivity index (χ3v) is 2.36. The molecule has 2 aromatic rings. The van der Waals surface area contributed by atoms with Crippen molar-refractivity contribution >= 4 is 17.6 Å². The lowest BCUT2D eigenvalue weighted by atomic mass is 10.4. The fraction of sp³-hybridized carbons (Fsp3) is 0.143. The van der Waals surface area contributed by atoms with Crippen LogP contribution < -0.4 is 0 Å². The van der Waals surface area contributed by atoms with Gasteiger partial charge in [0.15, 0.2) is 0 Å². The third-order valence-electron chi connectivity index (χ3n) is 1.50. The normalized spacial score (nSPS) is 11.2. The van der Waals surface area contributed by atoms with Crippen molar-refractivity contribution < 1.29 is 0 Å². The van der Waals surface area contributed by atoms with E-state index in [4.69, 9.17) is 0 Å². The lowest BCUT2D eigenvalue weighted by Crippen LogP contribution is -1.86. The van der Waals surface area contributed by atoms with E-state index in [9.17, 15) is 0 Å². The van der Waals surface area contributed by atoms with Gasteiger partial charge in [0.1, 0.15) is 12.7 Å². The van der Waals surface area contributed by atoms with E-state index in [1.54, 1.807) is 27.7 Å². The number of hydrogen-bond acceptors (Lipinski definition) is 5. The van der Waals surface area contributed by atoms with Crippen molar-refractivity contribution in [3.05, 3.63) is 28.7 Å². The zero-order chi connectivity index (χ0) is 9.10. The summed E-state index contributed by atoms with van der Waals surface area (Å²) in [7, 11) is 0. The number of aromatic nitrogens is 4. The van der Waals surface area contributed by atoms with Crippen LogP contribution in [0.2, 0.25) is 0 Å². The molecule has 2 aromatic heterocycles. The number of thiazole rings is 1. The summed E-state index contributed by atoms with van der Waals surface area (Å²) in [6, 6.07) is 0. The Labute approximate surface area is 78.8 Å². The molecule has 0 spiro atoms. The Bertz CT molecular complexity index is 402. The van der Waals surface area contributed by atoms with E-state index < -0.39 is 0 Å². The predicted molar refractivity (Wildman–Crippen MR) is 49.9 cm³/mol. The number of hydrogen-bond donors (Lipinski definition) is 0. The predicted octanol–water partition coefficient (Wildman–Crippen LogP) is 0.925. The van der Waals surface area contributed by atoms with E-state index >= 15 is 0 Å². The first kappa shape index (κ1) is 8.06. The second kappa shape index (κ2) is 3.44. The molecular formula is C7H7N5S. The van der Waals surface area contributed by atoms with Gasteiger partial charge in [0.25, 0.3) is 0 Å². The molecule has 0 bridgehead atoms. The summed E-state index contributed by atoms with van der Waals surface area (Å²) < 4.78 is 1.54.